The first-order chi connectivity index (χ1) is 18.4. The Morgan fingerprint density at radius 3 is 2.32 bits per heavy atom. The fourth-order valence-corrected chi connectivity index (χ4v) is 5.00. The van der Waals surface area contributed by atoms with Crippen LogP contribution in [0.5, 0.6) is 17.2 Å². The van der Waals surface area contributed by atoms with E-state index in [1.165, 1.54) is 6.21 Å². The Morgan fingerprint density at radius 2 is 1.66 bits per heavy atom. The van der Waals surface area contributed by atoms with Gasteiger partial charge in [-0.1, -0.05) is 78.3 Å². The van der Waals surface area contributed by atoms with Gasteiger partial charge < -0.3 is 19.3 Å². The molecule has 4 aromatic carbocycles. The first-order valence-electron chi connectivity index (χ1n) is 11.6. The minimum absolute atomic E-state index is 0.207. The summed E-state index contributed by atoms with van der Waals surface area (Å²) in [5.74, 6) is 1.15. The lowest BCUT2D eigenvalue weighted by molar-refractivity contribution is -0.136. The Kier molecular flexibility index (Phi) is 7.64. The Labute approximate surface area is 232 Å². The monoisotopic (exact) mass is 592 g/mol. The number of amides is 1. The van der Waals surface area contributed by atoms with Crippen LogP contribution < -0.4 is 19.6 Å². The van der Waals surface area contributed by atoms with E-state index in [1.54, 1.807) is 60.7 Å². The summed E-state index contributed by atoms with van der Waals surface area (Å²) in [5, 5.41) is 15.9. The molecule has 1 amide bonds. The summed E-state index contributed by atoms with van der Waals surface area (Å²) in [7, 11) is 0. The van der Waals surface area contributed by atoms with Gasteiger partial charge in [0.1, 0.15) is 6.61 Å². The van der Waals surface area contributed by atoms with E-state index in [4.69, 9.17) is 25.8 Å². The van der Waals surface area contributed by atoms with Gasteiger partial charge in [0.25, 0.3) is 5.91 Å². The molecule has 0 aliphatic carbocycles. The molecule has 4 aromatic rings. The molecule has 0 radical (unpaired) electrons. The normalized spacial score (nSPS) is 12.5. The molecule has 5 rings (SSSR count). The number of hydrogen-bond donors (Lipinski definition) is 2. The lowest BCUT2D eigenvalue weighted by Gasteiger charge is -2.27. The van der Waals surface area contributed by atoms with Gasteiger partial charge >= 0.3 is 0 Å². The zero-order valence-corrected chi connectivity index (χ0v) is 22.3. The molecule has 0 atom stereocenters. The van der Waals surface area contributed by atoms with E-state index in [0.717, 1.165) is 5.56 Å². The number of nitrogens with one attached hydrogen (secondary N) is 1. The van der Waals surface area contributed by atoms with E-state index in [0.29, 0.717) is 43.4 Å². The molecule has 0 unspecified atom stereocenters. The van der Waals surface area contributed by atoms with E-state index in [1.807, 2.05) is 30.3 Å². The summed E-state index contributed by atoms with van der Waals surface area (Å²) in [6, 6.07) is 26.4. The largest absolute Gasteiger partial charge is 0.486 e. The van der Waals surface area contributed by atoms with Crippen LogP contribution in [-0.4, -0.2) is 24.0 Å². The standard InChI is InChI=1S/C29H22BrClN2O5/c30-23-13-20(14-24(31)27(23)36-17-19-11-12-25-26(15-19)38-18-37-25)16-32-33-28(34)29(35,21-7-3-1-4-8-21)22-9-5-2-6-10-22/h1-16,35H,17-18H2,(H,33,34)/b32-16+. The van der Waals surface area contributed by atoms with Gasteiger partial charge in [0, 0.05) is 0 Å². The highest BCUT2D eigenvalue weighted by molar-refractivity contribution is 9.10. The molecule has 0 aromatic heterocycles. The molecule has 0 bridgehead atoms. The van der Waals surface area contributed by atoms with Gasteiger partial charge in [-0.3, -0.25) is 4.79 Å². The van der Waals surface area contributed by atoms with Gasteiger partial charge in [-0.2, -0.15) is 5.10 Å². The van der Waals surface area contributed by atoms with Crippen molar-refractivity contribution in [1.29, 1.82) is 0 Å². The van der Waals surface area contributed by atoms with Crippen molar-refractivity contribution >= 4 is 39.7 Å². The first kappa shape index (κ1) is 25.8. The van der Waals surface area contributed by atoms with Gasteiger partial charge in [-0.05, 0) is 62.4 Å². The molecule has 1 aliphatic heterocycles. The number of fused-ring (bicyclic) bond motifs is 1. The zero-order valence-electron chi connectivity index (χ0n) is 19.9. The van der Waals surface area contributed by atoms with Crippen LogP contribution in [0.3, 0.4) is 0 Å². The van der Waals surface area contributed by atoms with Crippen molar-refractivity contribution in [3.63, 3.8) is 0 Å². The van der Waals surface area contributed by atoms with Gasteiger partial charge in [0.15, 0.2) is 22.8 Å². The third-order valence-electron chi connectivity index (χ3n) is 5.93. The summed E-state index contributed by atoms with van der Waals surface area (Å²) in [6.07, 6.45) is 1.44. The number of aliphatic hydroxyl groups is 1. The Morgan fingerprint density at radius 1 is 1.00 bits per heavy atom. The van der Waals surface area contributed by atoms with E-state index in [2.05, 4.69) is 26.5 Å². The fourth-order valence-electron chi connectivity index (χ4n) is 4.01. The van der Waals surface area contributed by atoms with Crippen LogP contribution in [0.25, 0.3) is 0 Å². The number of nitrogens with zero attached hydrogens (tertiary/aromatic N) is 1. The predicted octanol–water partition coefficient (Wildman–Crippen LogP) is 5.80. The number of carbonyl (C=O) groups excluding carboxylic acids is 1. The molecule has 9 heteroatoms. The lowest BCUT2D eigenvalue weighted by atomic mass is 9.85. The third kappa shape index (κ3) is 5.38. The molecule has 0 spiro atoms. The minimum Gasteiger partial charge on any atom is -0.486 e. The van der Waals surface area contributed by atoms with Crippen LogP contribution in [0.2, 0.25) is 5.02 Å². The number of ether oxygens (including phenoxy) is 3. The maximum absolute atomic E-state index is 13.2. The maximum atomic E-state index is 13.2. The molecule has 192 valence electrons. The number of hydrogen-bond acceptors (Lipinski definition) is 6. The predicted molar refractivity (Wildman–Crippen MR) is 148 cm³/mol. The van der Waals surface area contributed by atoms with Gasteiger partial charge in [-0.25, -0.2) is 5.43 Å². The first-order valence-corrected chi connectivity index (χ1v) is 12.8. The summed E-state index contributed by atoms with van der Waals surface area (Å²) in [4.78, 5) is 13.2. The number of rotatable bonds is 8. The van der Waals surface area contributed by atoms with Gasteiger partial charge in [-0.15, -0.1) is 0 Å². The topological polar surface area (TPSA) is 89.4 Å². The van der Waals surface area contributed by atoms with Gasteiger partial charge in [0.2, 0.25) is 6.79 Å². The van der Waals surface area contributed by atoms with Crippen LogP contribution in [0, 0.1) is 0 Å². The van der Waals surface area contributed by atoms with Crippen molar-refractivity contribution in [2.45, 2.75) is 12.2 Å². The SMILES string of the molecule is O=C(N/N=C/c1cc(Cl)c(OCc2ccc3c(c2)OCO3)c(Br)c1)C(O)(c1ccccc1)c1ccccc1. The molecule has 1 aliphatic rings. The fraction of sp³-hybridized carbons (Fsp3) is 0.103. The highest BCUT2D eigenvalue weighted by Gasteiger charge is 2.39. The van der Waals surface area contributed by atoms with Crippen molar-refractivity contribution in [1.82, 2.24) is 5.43 Å². The van der Waals surface area contributed by atoms with Crippen LogP contribution in [0.1, 0.15) is 22.3 Å². The minimum atomic E-state index is -1.93. The third-order valence-corrected chi connectivity index (χ3v) is 6.80. The van der Waals surface area contributed by atoms with E-state index < -0.39 is 11.5 Å². The molecule has 1 heterocycles. The average molecular weight is 594 g/mol. The van der Waals surface area contributed by atoms with Crippen molar-refractivity contribution in [2.75, 3.05) is 6.79 Å². The Balaban J connectivity index is 1.29. The van der Waals surface area contributed by atoms with E-state index in [-0.39, 0.29) is 13.4 Å². The molecule has 0 fully saturated rings. The van der Waals surface area contributed by atoms with Crippen LogP contribution in [-0.2, 0) is 17.0 Å². The Bertz CT molecular complexity index is 1420. The lowest BCUT2D eigenvalue weighted by Crippen LogP contribution is -2.43. The smallest absolute Gasteiger partial charge is 0.281 e. The molecule has 0 saturated carbocycles. The van der Waals surface area contributed by atoms with E-state index >= 15 is 0 Å². The molecule has 38 heavy (non-hydrogen) atoms. The summed E-state index contributed by atoms with van der Waals surface area (Å²) >= 11 is 9.97. The Hall–Kier alpha value is -3.85. The zero-order chi connectivity index (χ0) is 26.5. The van der Waals surface area contributed by atoms with Crippen molar-refractivity contribution in [3.8, 4) is 17.2 Å². The molecular weight excluding hydrogens is 572 g/mol. The second kappa shape index (κ2) is 11.3. The summed E-state index contributed by atoms with van der Waals surface area (Å²) < 4.78 is 17.3. The maximum Gasteiger partial charge on any atom is 0.281 e. The molecule has 2 N–H and O–H groups in total. The van der Waals surface area contributed by atoms with Crippen molar-refractivity contribution < 1.29 is 24.1 Å². The molecular formula is C29H22BrClN2O5. The quantitative estimate of drug-likeness (QED) is 0.199. The summed E-state index contributed by atoms with van der Waals surface area (Å²) in [5.41, 5.74) is 2.89. The summed E-state index contributed by atoms with van der Waals surface area (Å²) in [6.45, 7) is 0.480. The molecule has 7 nitrogen and oxygen atoms in total. The van der Waals surface area contributed by atoms with E-state index in [9.17, 15) is 9.90 Å². The van der Waals surface area contributed by atoms with Crippen molar-refractivity contribution in [2.24, 2.45) is 5.10 Å². The highest BCUT2D eigenvalue weighted by atomic mass is 79.9. The second-order valence-corrected chi connectivity index (χ2v) is 9.69. The number of halogens is 2. The van der Waals surface area contributed by atoms with Crippen LogP contribution in [0.15, 0.2) is 101 Å². The number of carbonyl (C=O) groups is 1. The average Bonchev–Trinajstić information content (AvgIpc) is 3.41. The van der Waals surface area contributed by atoms with Crippen molar-refractivity contribution in [3.05, 3.63) is 123 Å². The second-order valence-electron chi connectivity index (χ2n) is 8.43. The van der Waals surface area contributed by atoms with Crippen LogP contribution >= 0.6 is 27.5 Å². The number of benzene rings is 4. The number of hydrazone groups is 1. The molecule has 0 saturated heterocycles. The van der Waals surface area contributed by atoms with Gasteiger partial charge in [0.05, 0.1) is 15.7 Å². The van der Waals surface area contributed by atoms with Crippen LogP contribution in [0.4, 0.5) is 0 Å². The highest BCUT2D eigenvalue weighted by Crippen LogP contribution is 2.36.